The summed E-state index contributed by atoms with van der Waals surface area (Å²) in [7, 11) is -2.48. The molecular formula is C23H34O3Si. The molecule has 0 amide bonds. The maximum Gasteiger partial charge on any atom is 0.261 e. The first-order chi connectivity index (χ1) is 12.8. The lowest BCUT2D eigenvalue weighted by Crippen LogP contribution is -2.66. The van der Waals surface area contributed by atoms with Gasteiger partial charge in [-0.3, -0.25) is 0 Å². The van der Waals surface area contributed by atoms with Crippen LogP contribution in [0.3, 0.4) is 0 Å². The normalized spacial score (nSPS) is 14.7. The third-order valence-electron chi connectivity index (χ3n) is 5.23. The van der Waals surface area contributed by atoms with Gasteiger partial charge < -0.3 is 14.6 Å². The average molecular weight is 387 g/mol. The van der Waals surface area contributed by atoms with Gasteiger partial charge in [0.1, 0.15) is 0 Å². The summed E-state index contributed by atoms with van der Waals surface area (Å²) in [4.78, 5) is 0. The van der Waals surface area contributed by atoms with E-state index in [0.717, 1.165) is 6.42 Å². The van der Waals surface area contributed by atoms with E-state index in [2.05, 4.69) is 88.4 Å². The van der Waals surface area contributed by atoms with Crippen LogP contribution in [-0.2, 0) is 4.43 Å². The van der Waals surface area contributed by atoms with Crippen molar-refractivity contribution in [2.75, 3.05) is 13.2 Å². The van der Waals surface area contributed by atoms with Gasteiger partial charge in [0, 0.05) is 6.61 Å². The first kappa shape index (κ1) is 21.8. The standard InChI is InChI=1S/C23H34O3Si/c1-19(17-20(25)18-24)15-16-26-27(23(2,3)4,21-11-7-5-8-12-21)22-13-9-6-10-14-22/h5-14,19-20,24-25H,15-18H2,1-4H3/t19-,20+/m1/s1. The SMILES string of the molecule is C[C@H](CCO[Si](c1ccccc1)(c1ccccc1)C(C)(C)C)C[C@H](O)CO. The fourth-order valence-corrected chi connectivity index (χ4v) is 8.41. The Labute approximate surface area is 165 Å². The molecule has 0 heterocycles. The van der Waals surface area contributed by atoms with Crippen molar-refractivity contribution in [1.29, 1.82) is 0 Å². The lowest BCUT2D eigenvalue weighted by Gasteiger charge is -2.43. The Hall–Kier alpha value is -1.46. The maximum atomic E-state index is 9.69. The fourth-order valence-electron chi connectivity index (χ4n) is 3.83. The lowest BCUT2D eigenvalue weighted by atomic mass is 10.0. The Morgan fingerprint density at radius 3 is 1.81 bits per heavy atom. The number of hydrogen-bond acceptors (Lipinski definition) is 3. The van der Waals surface area contributed by atoms with Crippen molar-refractivity contribution >= 4 is 18.7 Å². The molecule has 2 aromatic rings. The highest BCUT2D eigenvalue weighted by atomic mass is 28.4. The van der Waals surface area contributed by atoms with E-state index in [1.807, 2.05) is 0 Å². The molecule has 0 aliphatic rings. The van der Waals surface area contributed by atoms with Gasteiger partial charge >= 0.3 is 0 Å². The van der Waals surface area contributed by atoms with Crippen LogP contribution in [0, 0.1) is 5.92 Å². The minimum atomic E-state index is -2.48. The molecule has 2 rings (SSSR count). The summed E-state index contributed by atoms with van der Waals surface area (Å²) in [5.74, 6) is 0.297. The van der Waals surface area contributed by atoms with E-state index in [9.17, 15) is 5.11 Å². The number of aliphatic hydroxyl groups excluding tert-OH is 2. The van der Waals surface area contributed by atoms with Crippen molar-refractivity contribution in [3.05, 3.63) is 60.7 Å². The monoisotopic (exact) mass is 386 g/mol. The topological polar surface area (TPSA) is 49.7 Å². The zero-order chi connectivity index (χ0) is 19.9. The molecule has 0 fully saturated rings. The Kier molecular flexibility index (Phi) is 7.80. The molecule has 2 N–H and O–H groups in total. The molecule has 0 aromatic heterocycles. The predicted octanol–water partition coefficient (Wildman–Crippen LogP) is 3.33. The number of aliphatic hydroxyl groups is 2. The van der Waals surface area contributed by atoms with E-state index in [1.165, 1.54) is 10.4 Å². The highest BCUT2D eigenvalue weighted by Gasteiger charge is 2.49. The third kappa shape index (κ3) is 5.29. The quantitative estimate of drug-likeness (QED) is 0.650. The van der Waals surface area contributed by atoms with Gasteiger partial charge in [-0.05, 0) is 34.2 Å². The van der Waals surface area contributed by atoms with Crippen molar-refractivity contribution in [1.82, 2.24) is 0 Å². The summed E-state index contributed by atoms with van der Waals surface area (Å²) in [6.45, 7) is 9.40. The van der Waals surface area contributed by atoms with Gasteiger partial charge in [0.15, 0.2) is 0 Å². The van der Waals surface area contributed by atoms with Crippen molar-refractivity contribution in [2.45, 2.75) is 51.7 Å². The van der Waals surface area contributed by atoms with Crippen LogP contribution in [0.2, 0.25) is 5.04 Å². The van der Waals surface area contributed by atoms with E-state index in [-0.39, 0.29) is 11.6 Å². The van der Waals surface area contributed by atoms with E-state index in [0.29, 0.717) is 18.9 Å². The zero-order valence-corrected chi connectivity index (χ0v) is 18.1. The van der Waals surface area contributed by atoms with Crippen molar-refractivity contribution in [3.63, 3.8) is 0 Å². The molecule has 0 aliphatic carbocycles. The van der Waals surface area contributed by atoms with Crippen LogP contribution < -0.4 is 10.4 Å². The number of benzene rings is 2. The van der Waals surface area contributed by atoms with Gasteiger partial charge in [-0.2, -0.15) is 0 Å². The molecular weight excluding hydrogens is 352 g/mol. The summed E-state index contributed by atoms with van der Waals surface area (Å²) in [5.41, 5.74) is 0. The lowest BCUT2D eigenvalue weighted by molar-refractivity contribution is 0.0727. The molecule has 3 nitrogen and oxygen atoms in total. The van der Waals surface area contributed by atoms with Gasteiger partial charge in [-0.25, -0.2) is 0 Å². The van der Waals surface area contributed by atoms with E-state index >= 15 is 0 Å². The number of hydrogen-bond donors (Lipinski definition) is 2. The van der Waals surface area contributed by atoms with Gasteiger partial charge in [0.05, 0.1) is 12.7 Å². The summed E-state index contributed by atoms with van der Waals surface area (Å²) in [5, 5.41) is 21.3. The summed E-state index contributed by atoms with van der Waals surface area (Å²) < 4.78 is 6.85. The molecule has 27 heavy (non-hydrogen) atoms. The van der Waals surface area contributed by atoms with Crippen molar-refractivity contribution < 1.29 is 14.6 Å². The molecule has 0 bridgehead atoms. The van der Waals surface area contributed by atoms with E-state index in [1.54, 1.807) is 0 Å². The summed E-state index contributed by atoms with van der Waals surface area (Å²) in [6.07, 6.45) is 0.815. The van der Waals surface area contributed by atoms with Crippen molar-refractivity contribution in [2.24, 2.45) is 5.92 Å². The Morgan fingerprint density at radius 1 is 0.926 bits per heavy atom. The van der Waals surface area contributed by atoms with Crippen LogP contribution in [0.15, 0.2) is 60.7 Å². The molecule has 2 atom stereocenters. The molecule has 0 saturated carbocycles. The van der Waals surface area contributed by atoms with Crippen LogP contribution >= 0.6 is 0 Å². The predicted molar refractivity (Wildman–Crippen MR) is 115 cm³/mol. The molecule has 0 spiro atoms. The zero-order valence-electron chi connectivity index (χ0n) is 17.1. The molecule has 0 saturated heterocycles. The van der Waals surface area contributed by atoms with Crippen LogP contribution in [0.1, 0.15) is 40.5 Å². The second-order valence-corrected chi connectivity index (χ2v) is 12.8. The van der Waals surface area contributed by atoms with Gasteiger partial charge in [0.2, 0.25) is 0 Å². The minimum Gasteiger partial charge on any atom is -0.407 e. The second-order valence-electron chi connectivity index (χ2n) is 8.48. The first-order valence-electron chi connectivity index (χ1n) is 9.85. The van der Waals surface area contributed by atoms with Gasteiger partial charge in [-0.1, -0.05) is 88.4 Å². The van der Waals surface area contributed by atoms with E-state index in [4.69, 9.17) is 9.53 Å². The summed E-state index contributed by atoms with van der Waals surface area (Å²) in [6, 6.07) is 21.3. The molecule has 148 valence electrons. The Bertz CT molecular complexity index is 628. The average Bonchev–Trinajstić information content (AvgIpc) is 2.65. The van der Waals surface area contributed by atoms with Crippen LogP contribution in [0.4, 0.5) is 0 Å². The van der Waals surface area contributed by atoms with Crippen LogP contribution in [0.5, 0.6) is 0 Å². The molecule has 0 radical (unpaired) electrons. The summed E-state index contributed by atoms with van der Waals surface area (Å²) >= 11 is 0. The highest BCUT2D eigenvalue weighted by molar-refractivity contribution is 6.99. The molecule has 0 aliphatic heterocycles. The van der Waals surface area contributed by atoms with E-state index < -0.39 is 14.4 Å². The molecule has 2 aromatic carbocycles. The second kappa shape index (κ2) is 9.65. The van der Waals surface area contributed by atoms with Gasteiger partial charge in [-0.15, -0.1) is 0 Å². The third-order valence-corrected chi connectivity index (χ3v) is 10.3. The fraction of sp³-hybridized carbons (Fsp3) is 0.478. The Morgan fingerprint density at radius 2 is 1.41 bits per heavy atom. The first-order valence-corrected chi connectivity index (χ1v) is 11.8. The number of rotatable bonds is 9. The van der Waals surface area contributed by atoms with Crippen molar-refractivity contribution in [3.8, 4) is 0 Å². The van der Waals surface area contributed by atoms with Crippen LogP contribution in [0.25, 0.3) is 0 Å². The minimum absolute atomic E-state index is 0.0242. The highest BCUT2D eigenvalue weighted by Crippen LogP contribution is 2.37. The molecule has 0 unspecified atom stereocenters. The molecule has 4 heteroatoms. The van der Waals surface area contributed by atoms with Gasteiger partial charge in [0.25, 0.3) is 8.32 Å². The smallest absolute Gasteiger partial charge is 0.261 e. The largest absolute Gasteiger partial charge is 0.407 e. The Balaban J connectivity index is 2.33. The maximum absolute atomic E-state index is 9.69. The van der Waals surface area contributed by atoms with Crippen LogP contribution in [-0.4, -0.2) is 37.8 Å².